The Labute approximate surface area is 108 Å². The zero-order chi connectivity index (χ0) is 12.8. The van der Waals surface area contributed by atoms with Crippen LogP contribution in [0.15, 0.2) is 4.52 Å². The van der Waals surface area contributed by atoms with Crippen LogP contribution in [0.25, 0.3) is 0 Å². The number of rotatable bonds is 6. The molecule has 1 saturated heterocycles. The minimum absolute atomic E-state index is 0.267. The molecule has 0 aliphatic carbocycles. The smallest absolute Gasteiger partial charge is 0.229 e. The maximum atomic E-state index is 5.68. The minimum Gasteiger partial charge on any atom is -0.378 e. The summed E-state index contributed by atoms with van der Waals surface area (Å²) in [7, 11) is 0. The molecule has 1 fully saturated rings. The Balaban J connectivity index is 1.84. The Bertz CT molecular complexity index is 348. The summed E-state index contributed by atoms with van der Waals surface area (Å²) in [5.41, 5.74) is 5.50. The van der Waals surface area contributed by atoms with Crippen molar-refractivity contribution < 1.29 is 9.26 Å². The van der Waals surface area contributed by atoms with Crippen molar-refractivity contribution >= 4 is 0 Å². The first-order chi connectivity index (χ1) is 8.79. The van der Waals surface area contributed by atoms with Crippen molar-refractivity contribution in [2.45, 2.75) is 57.5 Å². The fourth-order valence-corrected chi connectivity index (χ4v) is 2.27. The quantitative estimate of drug-likeness (QED) is 0.839. The molecule has 1 aliphatic heterocycles. The van der Waals surface area contributed by atoms with Crippen LogP contribution in [-0.4, -0.2) is 29.4 Å². The number of aromatic nitrogens is 2. The van der Waals surface area contributed by atoms with Gasteiger partial charge in [0.15, 0.2) is 5.82 Å². The maximum absolute atomic E-state index is 5.68. The topological polar surface area (TPSA) is 74.2 Å². The van der Waals surface area contributed by atoms with Gasteiger partial charge < -0.3 is 15.0 Å². The van der Waals surface area contributed by atoms with Crippen molar-refractivity contribution in [1.82, 2.24) is 10.1 Å². The van der Waals surface area contributed by atoms with Gasteiger partial charge in [0.05, 0.1) is 6.10 Å². The van der Waals surface area contributed by atoms with Gasteiger partial charge in [0.25, 0.3) is 0 Å². The highest BCUT2D eigenvalue weighted by Crippen LogP contribution is 2.20. The molecule has 0 spiro atoms. The van der Waals surface area contributed by atoms with Crippen LogP contribution in [0.5, 0.6) is 0 Å². The van der Waals surface area contributed by atoms with Crippen molar-refractivity contribution in [2.75, 3.05) is 13.2 Å². The van der Waals surface area contributed by atoms with Gasteiger partial charge in [0, 0.05) is 18.9 Å². The molecule has 2 heterocycles. The van der Waals surface area contributed by atoms with Crippen molar-refractivity contribution in [2.24, 2.45) is 5.73 Å². The summed E-state index contributed by atoms with van der Waals surface area (Å²) in [5.74, 6) is 1.80. The van der Waals surface area contributed by atoms with Crippen LogP contribution in [0.4, 0.5) is 0 Å². The van der Waals surface area contributed by atoms with E-state index in [1.54, 1.807) is 0 Å². The van der Waals surface area contributed by atoms with Crippen molar-refractivity contribution in [3.8, 4) is 0 Å². The zero-order valence-electron chi connectivity index (χ0n) is 11.1. The van der Waals surface area contributed by atoms with E-state index in [0.717, 1.165) is 44.0 Å². The van der Waals surface area contributed by atoms with E-state index < -0.39 is 0 Å². The lowest BCUT2D eigenvalue weighted by Gasteiger charge is -2.20. The summed E-state index contributed by atoms with van der Waals surface area (Å²) in [4.78, 5) is 4.46. The van der Waals surface area contributed by atoms with Crippen LogP contribution in [-0.2, 0) is 11.2 Å². The van der Waals surface area contributed by atoms with Crippen LogP contribution in [0.3, 0.4) is 0 Å². The van der Waals surface area contributed by atoms with Gasteiger partial charge in [-0.25, -0.2) is 0 Å². The molecule has 18 heavy (non-hydrogen) atoms. The molecule has 0 aromatic carbocycles. The summed E-state index contributed by atoms with van der Waals surface area (Å²) in [6.45, 7) is 3.67. The highest BCUT2D eigenvalue weighted by molar-refractivity contribution is 4.94. The third-order valence-corrected chi connectivity index (χ3v) is 3.43. The number of hydrogen-bond acceptors (Lipinski definition) is 5. The minimum atomic E-state index is 0.267. The first-order valence-corrected chi connectivity index (χ1v) is 6.93. The zero-order valence-corrected chi connectivity index (χ0v) is 11.1. The Morgan fingerprint density at radius 1 is 1.44 bits per heavy atom. The van der Waals surface area contributed by atoms with Gasteiger partial charge >= 0.3 is 0 Å². The monoisotopic (exact) mass is 253 g/mol. The molecule has 1 aliphatic rings. The second-order valence-electron chi connectivity index (χ2n) is 5.07. The van der Waals surface area contributed by atoms with Gasteiger partial charge in [-0.2, -0.15) is 4.98 Å². The molecule has 2 rings (SSSR count). The van der Waals surface area contributed by atoms with Crippen LogP contribution >= 0.6 is 0 Å². The largest absolute Gasteiger partial charge is 0.378 e. The number of hydrogen-bond donors (Lipinski definition) is 1. The number of ether oxygens (including phenoxy) is 1. The van der Waals surface area contributed by atoms with Crippen LogP contribution in [0.1, 0.15) is 56.7 Å². The molecule has 0 amide bonds. The normalized spacial score (nSPS) is 22.0. The van der Waals surface area contributed by atoms with Crippen molar-refractivity contribution in [1.29, 1.82) is 0 Å². The Morgan fingerprint density at radius 2 is 2.33 bits per heavy atom. The van der Waals surface area contributed by atoms with E-state index >= 15 is 0 Å². The lowest BCUT2D eigenvalue weighted by Crippen LogP contribution is -2.21. The number of nitrogens with zero attached hydrogens (tertiary/aromatic N) is 2. The Kier molecular flexibility index (Phi) is 5.13. The second kappa shape index (κ2) is 6.85. The molecule has 102 valence electrons. The van der Waals surface area contributed by atoms with Crippen LogP contribution < -0.4 is 5.73 Å². The third-order valence-electron chi connectivity index (χ3n) is 3.43. The van der Waals surface area contributed by atoms with Gasteiger partial charge in [-0.1, -0.05) is 12.1 Å². The summed E-state index contributed by atoms with van der Waals surface area (Å²) >= 11 is 0. The summed E-state index contributed by atoms with van der Waals surface area (Å²) in [6.07, 6.45) is 6.54. The van der Waals surface area contributed by atoms with Crippen molar-refractivity contribution in [3.63, 3.8) is 0 Å². The Hall–Kier alpha value is -0.940. The van der Waals surface area contributed by atoms with Gasteiger partial charge in [-0.05, 0) is 38.6 Å². The van der Waals surface area contributed by atoms with Gasteiger partial charge in [-0.3, -0.25) is 0 Å². The van der Waals surface area contributed by atoms with Gasteiger partial charge in [-0.15, -0.1) is 0 Å². The molecule has 0 saturated carbocycles. The fraction of sp³-hybridized carbons (Fsp3) is 0.846. The molecule has 1 aromatic heterocycles. The van der Waals surface area contributed by atoms with E-state index in [-0.39, 0.29) is 6.10 Å². The van der Waals surface area contributed by atoms with E-state index in [1.807, 2.05) is 0 Å². The third kappa shape index (κ3) is 3.78. The predicted octanol–water partition coefficient (Wildman–Crippen LogP) is 2.02. The fourth-order valence-electron chi connectivity index (χ4n) is 2.27. The van der Waals surface area contributed by atoms with E-state index in [9.17, 15) is 0 Å². The molecule has 2 atom stereocenters. The van der Waals surface area contributed by atoms with Crippen LogP contribution in [0.2, 0.25) is 0 Å². The molecule has 5 nitrogen and oxygen atoms in total. The molecule has 1 aromatic rings. The molecule has 2 N–H and O–H groups in total. The van der Waals surface area contributed by atoms with E-state index in [2.05, 4.69) is 17.1 Å². The second-order valence-corrected chi connectivity index (χ2v) is 5.07. The summed E-state index contributed by atoms with van der Waals surface area (Å²) < 4.78 is 11.0. The molecule has 2 unspecified atom stereocenters. The first kappa shape index (κ1) is 13.5. The first-order valence-electron chi connectivity index (χ1n) is 6.93. The summed E-state index contributed by atoms with van der Waals surface area (Å²) in [6, 6.07) is 0. The molecule has 5 heteroatoms. The molecule has 0 radical (unpaired) electrons. The highest BCUT2D eigenvalue weighted by Gasteiger charge is 2.19. The van der Waals surface area contributed by atoms with Gasteiger partial charge in [0.1, 0.15) is 0 Å². The van der Waals surface area contributed by atoms with E-state index in [4.69, 9.17) is 15.0 Å². The lowest BCUT2D eigenvalue weighted by atomic mass is 10.1. The molecular weight excluding hydrogens is 230 g/mol. The standard InChI is InChI=1S/C13H23N3O2/c1-10(5-4-7-14)13-15-12(16-18-13)9-11-6-2-3-8-17-11/h10-11H,2-9,14H2,1H3. The average molecular weight is 253 g/mol. The molecular formula is C13H23N3O2. The predicted molar refractivity (Wildman–Crippen MR) is 68.3 cm³/mol. The van der Waals surface area contributed by atoms with Gasteiger partial charge in [0.2, 0.25) is 5.89 Å². The van der Waals surface area contributed by atoms with E-state index in [1.165, 1.54) is 12.8 Å². The van der Waals surface area contributed by atoms with E-state index in [0.29, 0.717) is 12.5 Å². The average Bonchev–Trinajstić information content (AvgIpc) is 2.86. The summed E-state index contributed by atoms with van der Waals surface area (Å²) in [5, 5.41) is 4.04. The highest BCUT2D eigenvalue weighted by atomic mass is 16.5. The SMILES string of the molecule is CC(CCCN)c1nc(CC2CCCCO2)no1. The maximum Gasteiger partial charge on any atom is 0.229 e. The lowest BCUT2D eigenvalue weighted by molar-refractivity contribution is 0.0153. The molecule has 0 bridgehead atoms. The van der Waals surface area contributed by atoms with Crippen LogP contribution in [0, 0.1) is 0 Å². The Morgan fingerprint density at radius 3 is 3.06 bits per heavy atom. The number of nitrogens with two attached hydrogens (primary N) is 1. The van der Waals surface area contributed by atoms with Crippen molar-refractivity contribution in [3.05, 3.63) is 11.7 Å².